The van der Waals surface area contributed by atoms with Gasteiger partial charge in [0.25, 0.3) is 0 Å². The zero-order chi connectivity index (χ0) is 32.2. The molecule has 0 radical (unpaired) electrons. The van der Waals surface area contributed by atoms with Crippen molar-refractivity contribution in [2.45, 2.75) is 46.8 Å². The van der Waals surface area contributed by atoms with Crippen LogP contribution in [0.2, 0.25) is 0 Å². The smallest absolute Gasteiger partial charge is 0.243 e. The molecular formula is C32H42N4O7S2. The maximum absolute atomic E-state index is 13.6. The molecule has 13 heteroatoms. The molecule has 2 saturated heterocycles. The molecule has 1 spiro atoms. The topological polar surface area (TPSA) is 138 Å². The number of piperidine rings is 1. The van der Waals surface area contributed by atoms with Gasteiger partial charge in [-0.1, -0.05) is 30.3 Å². The predicted octanol–water partition coefficient (Wildman–Crippen LogP) is 2.67. The molecule has 45 heavy (non-hydrogen) atoms. The number of hydrogen-bond donors (Lipinski definition) is 3. The molecule has 3 aromatic rings. The molecule has 3 N–H and O–H groups in total. The first kappa shape index (κ1) is 33.3. The maximum atomic E-state index is 13.6. The van der Waals surface area contributed by atoms with E-state index in [1.165, 1.54) is 19.2 Å². The van der Waals surface area contributed by atoms with Crippen molar-refractivity contribution in [2.24, 2.45) is 0 Å². The van der Waals surface area contributed by atoms with E-state index in [-0.39, 0.29) is 29.0 Å². The summed E-state index contributed by atoms with van der Waals surface area (Å²) in [5.41, 5.74) is 2.45. The number of aliphatic hydroxyl groups is 1. The molecule has 5 rings (SSSR count). The fourth-order valence-electron chi connectivity index (χ4n) is 5.81. The van der Waals surface area contributed by atoms with E-state index < -0.39 is 31.8 Å². The Morgan fingerprint density at radius 3 is 2.36 bits per heavy atom. The number of sulfonamides is 2. The minimum atomic E-state index is -3.67. The average molecular weight is 659 g/mol. The monoisotopic (exact) mass is 658 g/mol. The Morgan fingerprint density at radius 2 is 1.64 bits per heavy atom. The summed E-state index contributed by atoms with van der Waals surface area (Å²) in [5, 5.41) is 13.8. The van der Waals surface area contributed by atoms with E-state index in [9.17, 15) is 21.9 Å². The Balaban J connectivity index is 1.11. The van der Waals surface area contributed by atoms with Crippen molar-refractivity contribution < 1.29 is 31.4 Å². The SMILES string of the molecule is CNS(=O)(=O)c1cccc(OC[C@@H](O)CNC2COC3(CCN(S(=O)(=O)c4cccc(-c5cccc(N(C)C)c5)c4)CC3)C2)c1. The van der Waals surface area contributed by atoms with E-state index in [4.69, 9.17) is 9.47 Å². The highest BCUT2D eigenvalue weighted by atomic mass is 32.2. The van der Waals surface area contributed by atoms with Crippen LogP contribution in [-0.4, -0.2) is 98.0 Å². The standard InChI is InChI=1S/C32H42N4O7S2/c1-33-44(38,39)30-11-6-10-29(19-30)42-23-28(37)21-34-26-20-32(43-22-26)13-15-36(16-14-32)45(40,41)31-12-5-8-25(18-31)24-7-4-9-27(17-24)35(2)3/h4-12,17-19,26,28,33-34,37H,13-16,20-23H2,1-3H3/t26?,28-/m0/s1. The lowest BCUT2D eigenvalue weighted by molar-refractivity contribution is -0.0312. The van der Waals surface area contributed by atoms with Crippen molar-refractivity contribution in [1.29, 1.82) is 0 Å². The summed E-state index contributed by atoms with van der Waals surface area (Å²) in [4.78, 5) is 2.38. The van der Waals surface area contributed by atoms with Crippen LogP contribution < -0.4 is 19.7 Å². The number of aliphatic hydroxyl groups excluding tert-OH is 1. The summed E-state index contributed by atoms with van der Waals surface area (Å²) < 4.78 is 67.0. The van der Waals surface area contributed by atoms with Gasteiger partial charge in [0.15, 0.2) is 0 Å². The van der Waals surface area contributed by atoms with E-state index >= 15 is 0 Å². The first-order valence-electron chi connectivity index (χ1n) is 15.0. The number of nitrogens with one attached hydrogen (secondary N) is 2. The molecular weight excluding hydrogens is 617 g/mol. The highest BCUT2D eigenvalue weighted by Crippen LogP contribution is 2.38. The van der Waals surface area contributed by atoms with Gasteiger partial charge < -0.3 is 24.8 Å². The zero-order valence-electron chi connectivity index (χ0n) is 25.8. The van der Waals surface area contributed by atoms with E-state index in [1.807, 2.05) is 49.3 Å². The molecule has 11 nitrogen and oxygen atoms in total. The van der Waals surface area contributed by atoms with Gasteiger partial charge in [0.05, 0.1) is 22.0 Å². The Morgan fingerprint density at radius 1 is 0.978 bits per heavy atom. The van der Waals surface area contributed by atoms with E-state index in [0.717, 1.165) is 23.2 Å². The van der Waals surface area contributed by atoms with Crippen molar-refractivity contribution in [1.82, 2.24) is 14.3 Å². The van der Waals surface area contributed by atoms with Gasteiger partial charge in [-0.25, -0.2) is 21.6 Å². The normalized spacial score (nSPS) is 19.4. The summed E-state index contributed by atoms with van der Waals surface area (Å²) >= 11 is 0. The van der Waals surface area contributed by atoms with E-state index in [1.54, 1.807) is 34.6 Å². The van der Waals surface area contributed by atoms with Gasteiger partial charge in [-0.05, 0) is 73.8 Å². The molecule has 2 aliphatic heterocycles. The van der Waals surface area contributed by atoms with Crippen LogP contribution in [0.1, 0.15) is 19.3 Å². The number of hydrogen-bond acceptors (Lipinski definition) is 9. The Bertz CT molecular complexity index is 1690. The van der Waals surface area contributed by atoms with Gasteiger partial charge in [-0.3, -0.25) is 0 Å². The number of nitrogens with zero attached hydrogens (tertiary/aromatic N) is 2. The minimum absolute atomic E-state index is 0.0100. The lowest BCUT2D eigenvalue weighted by atomic mass is 9.88. The molecule has 2 fully saturated rings. The molecule has 2 aliphatic rings. The van der Waals surface area contributed by atoms with E-state index in [2.05, 4.69) is 10.0 Å². The summed E-state index contributed by atoms with van der Waals surface area (Å²) in [6.45, 7) is 1.47. The Hall–Kier alpha value is -3.04. The van der Waals surface area contributed by atoms with Crippen LogP contribution >= 0.6 is 0 Å². The van der Waals surface area contributed by atoms with Crippen molar-refractivity contribution >= 4 is 25.7 Å². The third-order valence-corrected chi connectivity index (χ3v) is 11.8. The van der Waals surface area contributed by atoms with E-state index in [0.29, 0.717) is 38.3 Å². The second-order valence-electron chi connectivity index (χ2n) is 11.8. The number of rotatable bonds is 12. The second kappa shape index (κ2) is 13.8. The summed E-state index contributed by atoms with van der Waals surface area (Å²) in [6.07, 6.45) is 1.08. The summed E-state index contributed by atoms with van der Waals surface area (Å²) in [5.74, 6) is 0.348. The van der Waals surface area contributed by atoms with Crippen LogP contribution in [0.25, 0.3) is 11.1 Å². The van der Waals surface area contributed by atoms with Crippen LogP contribution in [0.5, 0.6) is 5.75 Å². The highest BCUT2D eigenvalue weighted by molar-refractivity contribution is 7.89. The maximum Gasteiger partial charge on any atom is 0.243 e. The van der Waals surface area contributed by atoms with Gasteiger partial charge in [-0.15, -0.1) is 0 Å². The molecule has 3 aromatic carbocycles. The third-order valence-electron chi connectivity index (χ3n) is 8.48. The van der Waals surface area contributed by atoms with Crippen molar-refractivity contribution in [3.63, 3.8) is 0 Å². The van der Waals surface area contributed by atoms with Crippen molar-refractivity contribution in [2.75, 3.05) is 58.9 Å². The molecule has 1 unspecified atom stereocenters. The number of anilines is 1. The van der Waals surface area contributed by atoms with Crippen LogP contribution in [0.4, 0.5) is 5.69 Å². The molecule has 2 heterocycles. The van der Waals surface area contributed by atoms with Crippen LogP contribution in [0, 0.1) is 0 Å². The minimum Gasteiger partial charge on any atom is -0.491 e. The third kappa shape index (κ3) is 7.86. The van der Waals surface area contributed by atoms with Gasteiger partial charge in [0.1, 0.15) is 18.5 Å². The quantitative estimate of drug-likeness (QED) is 0.268. The zero-order valence-corrected chi connectivity index (χ0v) is 27.5. The lowest BCUT2D eigenvalue weighted by Gasteiger charge is -2.38. The number of benzene rings is 3. The van der Waals surface area contributed by atoms with Crippen LogP contribution in [-0.2, 0) is 24.8 Å². The molecule has 0 aliphatic carbocycles. The fraction of sp³-hybridized carbons (Fsp3) is 0.438. The summed E-state index contributed by atoms with van der Waals surface area (Å²) in [6, 6.07) is 21.2. The summed E-state index contributed by atoms with van der Waals surface area (Å²) in [7, 11) is -1.98. The molecule has 244 valence electrons. The fourth-order valence-corrected chi connectivity index (χ4v) is 8.06. The Kier molecular flexibility index (Phi) is 10.2. The first-order chi connectivity index (χ1) is 21.4. The average Bonchev–Trinajstić information content (AvgIpc) is 3.45. The van der Waals surface area contributed by atoms with Crippen molar-refractivity contribution in [3.05, 3.63) is 72.8 Å². The molecule has 0 amide bonds. The first-order valence-corrected chi connectivity index (χ1v) is 17.9. The molecule has 0 bridgehead atoms. The number of ether oxygens (including phenoxy) is 2. The van der Waals surface area contributed by atoms with Crippen molar-refractivity contribution in [3.8, 4) is 16.9 Å². The van der Waals surface area contributed by atoms with Gasteiger partial charge in [0.2, 0.25) is 20.0 Å². The molecule has 0 aromatic heterocycles. The second-order valence-corrected chi connectivity index (χ2v) is 15.7. The largest absolute Gasteiger partial charge is 0.491 e. The lowest BCUT2D eigenvalue weighted by Crippen LogP contribution is -2.47. The Labute approximate surface area is 266 Å². The van der Waals surface area contributed by atoms with Crippen LogP contribution in [0.3, 0.4) is 0 Å². The van der Waals surface area contributed by atoms with Gasteiger partial charge >= 0.3 is 0 Å². The highest BCUT2D eigenvalue weighted by Gasteiger charge is 2.44. The predicted molar refractivity (Wildman–Crippen MR) is 173 cm³/mol. The van der Waals surface area contributed by atoms with Crippen LogP contribution in [0.15, 0.2) is 82.6 Å². The molecule has 0 saturated carbocycles. The van der Waals surface area contributed by atoms with Gasteiger partial charge in [0, 0.05) is 51.5 Å². The van der Waals surface area contributed by atoms with Gasteiger partial charge in [-0.2, -0.15) is 4.31 Å². The molecule has 2 atom stereocenters.